The molecule has 7 nitrogen and oxygen atoms in total. The first-order valence-corrected chi connectivity index (χ1v) is 9.19. The van der Waals surface area contributed by atoms with Crippen molar-refractivity contribution in [2.45, 2.75) is 25.0 Å². The van der Waals surface area contributed by atoms with Crippen LogP contribution in [0.15, 0.2) is 59.6 Å². The van der Waals surface area contributed by atoms with Crippen LogP contribution in [-0.4, -0.2) is 51.6 Å². The Kier molecular flexibility index (Phi) is 6.79. The van der Waals surface area contributed by atoms with E-state index in [4.69, 9.17) is 9.31 Å². The van der Waals surface area contributed by atoms with Crippen LogP contribution in [0, 0.1) is 0 Å². The molecule has 8 heteroatoms. The summed E-state index contributed by atoms with van der Waals surface area (Å²) in [6.07, 6.45) is -0.986. The lowest BCUT2D eigenvalue weighted by molar-refractivity contribution is -0.160. The number of ether oxygens (including phenoxy) is 2. The average Bonchev–Trinajstić information content (AvgIpc) is 3.21. The Morgan fingerprint density at radius 1 is 0.966 bits per heavy atom. The molecule has 0 unspecified atom stereocenters. The van der Waals surface area contributed by atoms with Crippen molar-refractivity contribution in [1.29, 1.82) is 0 Å². The largest absolute Gasteiger partial charge is 0.507 e. The van der Waals surface area contributed by atoms with Crippen LogP contribution in [0.3, 0.4) is 0 Å². The molecule has 1 heterocycles. The van der Waals surface area contributed by atoms with Crippen LogP contribution in [-0.2, 0) is 28.4 Å². The highest BCUT2D eigenvalue weighted by Gasteiger charge is 2.48. The number of methoxy groups -OCH3 is 2. The fourth-order valence-electron chi connectivity index (χ4n) is 3.16. The number of rotatable bonds is 6. The van der Waals surface area contributed by atoms with Gasteiger partial charge in [0.1, 0.15) is 0 Å². The molecule has 1 aliphatic heterocycles. The summed E-state index contributed by atoms with van der Waals surface area (Å²) in [7, 11) is 1.44. The topological polar surface area (TPSA) is 83.4 Å². The molecule has 2 aromatic rings. The first-order valence-electron chi connectivity index (χ1n) is 9.19. The number of carbonyl (C=O) groups is 2. The molecule has 0 bridgehead atoms. The molecule has 0 N–H and O–H groups in total. The Labute approximate surface area is 169 Å². The first-order chi connectivity index (χ1) is 14.0. The summed E-state index contributed by atoms with van der Waals surface area (Å²) in [5, 5.41) is 0. The lowest BCUT2D eigenvalue weighted by atomic mass is 9.91. The number of hydrogen-bond donors (Lipinski definition) is 0. The van der Waals surface area contributed by atoms with Gasteiger partial charge in [-0.3, -0.25) is 4.99 Å². The Bertz CT molecular complexity index is 864. The quantitative estimate of drug-likeness (QED) is 0.425. The summed E-state index contributed by atoms with van der Waals surface area (Å²) in [6, 6.07) is 17.8. The van der Waals surface area contributed by atoms with Gasteiger partial charge < -0.3 is 18.8 Å². The van der Waals surface area contributed by atoms with Crippen molar-refractivity contribution in [3.63, 3.8) is 0 Å². The molecule has 0 radical (unpaired) electrons. The van der Waals surface area contributed by atoms with Gasteiger partial charge in [-0.05, 0) is 17.2 Å². The number of carbonyl (C=O) groups excluding carboxylic acids is 2. The highest BCUT2D eigenvalue weighted by molar-refractivity contribution is 6.76. The second-order valence-electron chi connectivity index (χ2n) is 6.50. The molecule has 29 heavy (non-hydrogen) atoms. The third kappa shape index (κ3) is 4.72. The van der Waals surface area contributed by atoms with Crippen LogP contribution >= 0.6 is 0 Å². The Hall–Kier alpha value is -2.97. The highest BCUT2D eigenvalue weighted by Crippen LogP contribution is 2.31. The number of benzene rings is 2. The Balaban J connectivity index is 1.80. The summed E-state index contributed by atoms with van der Waals surface area (Å²) in [6.45, 7) is 2.10. The van der Waals surface area contributed by atoms with E-state index in [1.807, 2.05) is 42.5 Å². The van der Waals surface area contributed by atoms with E-state index in [-0.39, 0.29) is 5.92 Å². The van der Waals surface area contributed by atoms with Gasteiger partial charge in [-0.2, -0.15) is 0 Å². The normalized spacial score (nSPS) is 19.9. The van der Waals surface area contributed by atoms with E-state index >= 15 is 0 Å². The molecule has 0 aliphatic carbocycles. The second-order valence-corrected chi connectivity index (χ2v) is 6.50. The van der Waals surface area contributed by atoms with E-state index in [2.05, 4.69) is 33.5 Å². The summed E-state index contributed by atoms with van der Waals surface area (Å²) >= 11 is 0. The summed E-state index contributed by atoms with van der Waals surface area (Å²) in [5.74, 6) is -1.30. The van der Waals surface area contributed by atoms with Gasteiger partial charge in [0.25, 0.3) is 0 Å². The van der Waals surface area contributed by atoms with E-state index in [0.29, 0.717) is 0 Å². The van der Waals surface area contributed by atoms with Crippen molar-refractivity contribution < 1.29 is 28.4 Å². The van der Waals surface area contributed by atoms with Crippen LogP contribution in [0.4, 0.5) is 5.69 Å². The monoisotopic (exact) mass is 395 g/mol. The van der Waals surface area contributed by atoms with Crippen LogP contribution in [0.25, 0.3) is 0 Å². The van der Waals surface area contributed by atoms with Gasteiger partial charge in [-0.1, -0.05) is 55.5 Å². The lowest BCUT2D eigenvalue weighted by Gasteiger charge is -2.14. The zero-order chi connectivity index (χ0) is 20.8. The molecule has 0 aromatic heterocycles. The molecule has 3 rings (SSSR count). The van der Waals surface area contributed by atoms with Gasteiger partial charge in [0.2, 0.25) is 0 Å². The number of para-hydroxylation sites is 1. The number of aliphatic imine (C=N–C) groups is 1. The highest BCUT2D eigenvalue weighted by atomic mass is 16.7. The SMILES string of the molecule is COC(=O)[C@H]1OB(C=Nc2ccccc2[C@@H](C)c2ccccc2)O[C@@H]1C(=O)OC. The van der Waals surface area contributed by atoms with Crippen molar-refractivity contribution >= 4 is 30.9 Å². The lowest BCUT2D eigenvalue weighted by Crippen LogP contribution is -2.38. The predicted octanol–water partition coefficient (Wildman–Crippen LogP) is 2.70. The molecule has 0 saturated carbocycles. The van der Waals surface area contributed by atoms with Crippen molar-refractivity contribution in [3.05, 3.63) is 65.7 Å². The van der Waals surface area contributed by atoms with E-state index in [0.717, 1.165) is 11.3 Å². The molecular weight excluding hydrogens is 373 g/mol. The number of nitrogens with zero attached hydrogens (tertiary/aromatic N) is 1. The van der Waals surface area contributed by atoms with Crippen molar-refractivity contribution in [1.82, 2.24) is 0 Å². The molecule has 1 saturated heterocycles. The van der Waals surface area contributed by atoms with E-state index in [1.165, 1.54) is 25.9 Å². The molecule has 1 aliphatic rings. The third-order valence-corrected chi connectivity index (χ3v) is 4.74. The fraction of sp³-hybridized carbons (Fsp3) is 0.286. The maximum atomic E-state index is 11.9. The molecule has 1 fully saturated rings. The van der Waals surface area contributed by atoms with Crippen LogP contribution in [0.1, 0.15) is 24.0 Å². The number of esters is 2. The Morgan fingerprint density at radius 2 is 1.52 bits per heavy atom. The smallest absolute Gasteiger partial charge is 0.467 e. The van der Waals surface area contributed by atoms with Crippen LogP contribution in [0.5, 0.6) is 0 Å². The van der Waals surface area contributed by atoms with Crippen molar-refractivity contribution in [2.75, 3.05) is 14.2 Å². The maximum Gasteiger partial charge on any atom is 0.507 e. The van der Waals surface area contributed by atoms with Crippen LogP contribution in [0.2, 0.25) is 0 Å². The van der Waals surface area contributed by atoms with Crippen molar-refractivity contribution in [3.8, 4) is 0 Å². The van der Waals surface area contributed by atoms with Gasteiger partial charge in [0, 0.05) is 12.0 Å². The molecule has 0 spiro atoms. The minimum absolute atomic E-state index is 0.126. The number of hydrogen-bond acceptors (Lipinski definition) is 7. The average molecular weight is 395 g/mol. The molecule has 3 atom stereocenters. The van der Waals surface area contributed by atoms with Crippen LogP contribution < -0.4 is 0 Å². The zero-order valence-electron chi connectivity index (χ0n) is 16.5. The standard InChI is InChI=1S/C21H22BNO6/c1-14(15-9-5-4-6-10-15)16-11-7-8-12-17(16)23-13-22-28-18(20(24)26-2)19(29-22)21(25)27-3/h4-14,18-19H,1-3H3/t14-,18-,19-/m0/s1. The minimum atomic E-state index is -1.21. The fourth-order valence-corrected chi connectivity index (χ4v) is 3.16. The maximum absolute atomic E-state index is 11.9. The van der Waals surface area contributed by atoms with Gasteiger partial charge in [-0.15, -0.1) is 0 Å². The first kappa shape index (κ1) is 20.8. The molecule has 0 amide bonds. The summed E-state index contributed by atoms with van der Waals surface area (Å²) in [4.78, 5) is 28.3. The molecular formula is C21H22BNO6. The van der Waals surface area contributed by atoms with Crippen molar-refractivity contribution in [2.24, 2.45) is 4.99 Å². The zero-order valence-corrected chi connectivity index (χ0v) is 16.5. The van der Waals surface area contributed by atoms with E-state index in [1.54, 1.807) is 0 Å². The summed E-state index contributed by atoms with van der Waals surface area (Å²) < 4.78 is 20.4. The minimum Gasteiger partial charge on any atom is -0.467 e. The molecule has 2 aromatic carbocycles. The predicted molar refractivity (Wildman–Crippen MR) is 108 cm³/mol. The van der Waals surface area contributed by atoms with Gasteiger partial charge in [-0.25, -0.2) is 9.59 Å². The molecule has 150 valence electrons. The van der Waals surface area contributed by atoms with E-state index < -0.39 is 31.3 Å². The Morgan fingerprint density at radius 3 is 2.10 bits per heavy atom. The summed E-state index contributed by atoms with van der Waals surface area (Å²) in [5.41, 5.74) is 2.94. The van der Waals surface area contributed by atoms with Gasteiger partial charge in [0.05, 0.1) is 19.9 Å². The van der Waals surface area contributed by atoms with Gasteiger partial charge >= 0.3 is 19.1 Å². The second kappa shape index (κ2) is 9.49. The van der Waals surface area contributed by atoms with Gasteiger partial charge in [0.15, 0.2) is 12.2 Å². The third-order valence-electron chi connectivity index (χ3n) is 4.74. The van der Waals surface area contributed by atoms with E-state index in [9.17, 15) is 9.59 Å².